The largest absolute Gasteiger partial charge is 0.440 e. The van der Waals surface area contributed by atoms with Crippen LogP contribution in [0.3, 0.4) is 0 Å². The Balaban J connectivity index is 1.74. The molecule has 0 saturated heterocycles. The van der Waals surface area contributed by atoms with E-state index >= 15 is 0 Å². The third-order valence-electron chi connectivity index (χ3n) is 4.89. The first-order valence-electron chi connectivity index (χ1n) is 8.76. The molecule has 29 heavy (non-hydrogen) atoms. The molecule has 1 fully saturated rings. The standard InChI is InChI=1S/C21H17Br2FN2O3/c1-21(2)12(10-17(22)23)19(21)20(27)29-16(11-25)14-7-5-9-18(26-14)28-15-8-4-3-6-13(15)24/h3-10,12,16,19H,1-2H3. The second kappa shape index (κ2) is 8.64. The predicted molar refractivity (Wildman–Crippen MR) is 112 cm³/mol. The molecule has 0 N–H and O–H groups in total. The van der Waals surface area contributed by atoms with Crippen LogP contribution in [0.25, 0.3) is 0 Å². The molecule has 0 aliphatic heterocycles. The third kappa shape index (κ3) is 4.85. The summed E-state index contributed by atoms with van der Waals surface area (Å²) in [7, 11) is 0. The van der Waals surface area contributed by atoms with E-state index in [-0.39, 0.29) is 34.6 Å². The van der Waals surface area contributed by atoms with Crippen molar-refractivity contribution in [1.82, 2.24) is 4.98 Å². The molecule has 0 radical (unpaired) electrons. The average molecular weight is 524 g/mol. The van der Waals surface area contributed by atoms with Crippen molar-refractivity contribution in [3.63, 3.8) is 0 Å². The highest BCUT2D eigenvalue weighted by atomic mass is 79.9. The van der Waals surface area contributed by atoms with Crippen LogP contribution in [0.1, 0.15) is 25.6 Å². The number of esters is 1. The SMILES string of the molecule is CC1(C)C(C=C(Br)Br)C1C(=O)OC(C#N)c1cccc(Oc2ccccc2F)n1. The number of ether oxygens (including phenoxy) is 2. The van der Waals surface area contributed by atoms with Crippen molar-refractivity contribution in [2.45, 2.75) is 20.0 Å². The Morgan fingerprint density at radius 3 is 2.66 bits per heavy atom. The minimum absolute atomic E-state index is 0.00762. The zero-order chi connectivity index (χ0) is 21.2. The maximum absolute atomic E-state index is 13.8. The first kappa shape index (κ1) is 21.5. The van der Waals surface area contributed by atoms with Gasteiger partial charge in [0.25, 0.3) is 0 Å². The van der Waals surface area contributed by atoms with Crippen LogP contribution in [0.4, 0.5) is 4.39 Å². The summed E-state index contributed by atoms with van der Waals surface area (Å²) in [6.07, 6.45) is 0.703. The topological polar surface area (TPSA) is 72.2 Å². The normalized spacial score (nSPS) is 20.1. The van der Waals surface area contributed by atoms with E-state index < -0.39 is 17.9 Å². The lowest BCUT2D eigenvalue weighted by Crippen LogP contribution is -2.15. The molecule has 5 nitrogen and oxygen atoms in total. The molecule has 0 bridgehead atoms. The second-order valence-electron chi connectivity index (χ2n) is 7.16. The summed E-state index contributed by atoms with van der Waals surface area (Å²) in [4.78, 5) is 16.8. The van der Waals surface area contributed by atoms with Gasteiger partial charge in [0.1, 0.15) is 6.07 Å². The molecule has 3 rings (SSSR count). The van der Waals surface area contributed by atoms with Crippen molar-refractivity contribution in [2.24, 2.45) is 17.3 Å². The molecule has 1 saturated carbocycles. The number of benzene rings is 1. The Hall–Kier alpha value is -2.24. The molecule has 0 spiro atoms. The zero-order valence-corrected chi connectivity index (χ0v) is 18.8. The molecule has 2 aromatic rings. The number of allylic oxidation sites excluding steroid dienone is 1. The van der Waals surface area contributed by atoms with Crippen molar-refractivity contribution in [2.75, 3.05) is 0 Å². The van der Waals surface area contributed by atoms with Gasteiger partial charge in [0.2, 0.25) is 12.0 Å². The monoisotopic (exact) mass is 522 g/mol. The number of pyridine rings is 1. The van der Waals surface area contributed by atoms with E-state index in [9.17, 15) is 14.4 Å². The minimum atomic E-state index is -1.19. The quantitative estimate of drug-likeness (QED) is 0.432. The van der Waals surface area contributed by atoms with Gasteiger partial charge in [-0.1, -0.05) is 38.1 Å². The molecule has 1 aliphatic rings. The van der Waals surface area contributed by atoms with E-state index in [0.717, 1.165) is 3.39 Å². The van der Waals surface area contributed by atoms with Gasteiger partial charge in [-0.25, -0.2) is 9.37 Å². The zero-order valence-electron chi connectivity index (χ0n) is 15.6. The highest BCUT2D eigenvalue weighted by Crippen LogP contribution is 2.60. The van der Waals surface area contributed by atoms with Crippen molar-refractivity contribution in [3.05, 3.63) is 63.4 Å². The predicted octanol–water partition coefficient (Wildman–Crippen LogP) is 6.02. The van der Waals surface area contributed by atoms with Gasteiger partial charge in [-0.05, 0) is 61.4 Å². The summed E-state index contributed by atoms with van der Waals surface area (Å²) in [6.45, 7) is 3.93. The molecule has 0 amide bonds. The number of nitrogens with zero attached hydrogens (tertiary/aromatic N) is 2. The highest BCUT2D eigenvalue weighted by molar-refractivity contribution is 9.28. The van der Waals surface area contributed by atoms with Crippen LogP contribution < -0.4 is 4.74 Å². The molecule has 1 heterocycles. The smallest absolute Gasteiger partial charge is 0.311 e. The van der Waals surface area contributed by atoms with Crippen molar-refractivity contribution in [3.8, 4) is 17.7 Å². The van der Waals surface area contributed by atoms with Gasteiger partial charge in [-0.3, -0.25) is 4.79 Å². The van der Waals surface area contributed by atoms with Crippen LogP contribution in [0.2, 0.25) is 0 Å². The fourth-order valence-corrected chi connectivity index (χ4v) is 3.76. The molecular formula is C21H17Br2FN2O3. The van der Waals surface area contributed by atoms with Crippen molar-refractivity contribution >= 4 is 37.8 Å². The lowest BCUT2D eigenvalue weighted by Gasteiger charge is -2.13. The average Bonchev–Trinajstić information content (AvgIpc) is 3.21. The molecule has 8 heteroatoms. The summed E-state index contributed by atoms with van der Waals surface area (Å²) in [6, 6.07) is 12.6. The van der Waals surface area contributed by atoms with Crippen LogP contribution in [0.15, 0.2) is 51.9 Å². The first-order valence-corrected chi connectivity index (χ1v) is 10.3. The Morgan fingerprint density at radius 2 is 2.00 bits per heavy atom. The van der Waals surface area contributed by atoms with E-state index in [4.69, 9.17) is 9.47 Å². The summed E-state index contributed by atoms with van der Waals surface area (Å²) < 4.78 is 25.4. The van der Waals surface area contributed by atoms with E-state index in [0.29, 0.717) is 0 Å². The number of carbonyl (C=O) groups excluding carboxylic acids is 1. The summed E-state index contributed by atoms with van der Waals surface area (Å²) >= 11 is 6.61. The van der Waals surface area contributed by atoms with Gasteiger partial charge in [-0.2, -0.15) is 5.26 Å². The van der Waals surface area contributed by atoms with Crippen molar-refractivity contribution < 1.29 is 18.7 Å². The Morgan fingerprint density at radius 1 is 1.28 bits per heavy atom. The summed E-state index contributed by atoms with van der Waals surface area (Å²) in [5, 5.41) is 9.50. The van der Waals surface area contributed by atoms with Crippen LogP contribution in [-0.4, -0.2) is 11.0 Å². The maximum atomic E-state index is 13.8. The highest BCUT2D eigenvalue weighted by Gasteiger charge is 2.61. The third-order valence-corrected chi connectivity index (χ3v) is 5.41. The van der Waals surface area contributed by atoms with E-state index in [2.05, 4.69) is 36.8 Å². The van der Waals surface area contributed by atoms with Gasteiger partial charge in [0.15, 0.2) is 11.6 Å². The van der Waals surface area contributed by atoms with Crippen molar-refractivity contribution in [1.29, 1.82) is 5.26 Å². The van der Waals surface area contributed by atoms with E-state index in [1.807, 2.05) is 26.0 Å². The molecule has 3 unspecified atom stereocenters. The summed E-state index contributed by atoms with van der Waals surface area (Å²) in [5.74, 6) is -1.26. The fraction of sp³-hybridized carbons (Fsp3) is 0.286. The molecule has 1 aromatic carbocycles. The Labute approximate surface area is 184 Å². The fourth-order valence-electron chi connectivity index (χ4n) is 3.19. The number of rotatable bonds is 6. The van der Waals surface area contributed by atoms with Crippen LogP contribution in [0.5, 0.6) is 11.6 Å². The molecule has 3 atom stereocenters. The first-order chi connectivity index (χ1) is 13.7. The molecule has 1 aromatic heterocycles. The molecule has 150 valence electrons. The number of para-hydroxylation sites is 1. The van der Waals surface area contributed by atoms with E-state index in [1.54, 1.807) is 24.3 Å². The number of aromatic nitrogens is 1. The van der Waals surface area contributed by atoms with Crippen LogP contribution in [0, 0.1) is 34.4 Å². The lowest BCUT2D eigenvalue weighted by molar-refractivity contribution is -0.149. The second-order valence-corrected chi connectivity index (χ2v) is 9.93. The van der Waals surface area contributed by atoms with Gasteiger partial charge < -0.3 is 9.47 Å². The lowest BCUT2D eigenvalue weighted by atomic mass is 10.1. The maximum Gasteiger partial charge on any atom is 0.311 e. The summed E-state index contributed by atoms with van der Waals surface area (Å²) in [5.41, 5.74) is -0.0606. The molecular weight excluding hydrogens is 507 g/mol. The number of hydrogen-bond donors (Lipinski definition) is 0. The minimum Gasteiger partial charge on any atom is -0.440 e. The number of carbonyl (C=O) groups is 1. The Kier molecular flexibility index (Phi) is 6.39. The number of hydrogen-bond acceptors (Lipinski definition) is 5. The van der Waals surface area contributed by atoms with Gasteiger partial charge in [-0.15, -0.1) is 0 Å². The van der Waals surface area contributed by atoms with Gasteiger partial charge in [0.05, 0.1) is 15.0 Å². The van der Waals surface area contributed by atoms with Crippen LogP contribution >= 0.6 is 31.9 Å². The van der Waals surface area contributed by atoms with Crippen LogP contribution in [-0.2, 0) is 9.53 Å². The number of nitriles is 1. The van der Waals surface area contributed by atoms with Gasteiger partial charge >= 0.3 is 5.97 Å². The van der Waals surface area contributed by atoms with E-state index in [1.165, 1.54) is 18.2 Å². The molecule has 1 aliphatic carbocycles. The van der Waals surface area contributed by atoms with Gasteiger partial charge in [0, 0.05) is 6.07 Å². The Bertz CT molecular complexity index is 999. The number of halogens is 3.